The van der Waals surface area contributed by atoms with Crippen molar-refractivity contribution in [2.75, 3.05) is 43.5 Å². The second-order valence-corrected chi connectivity index (χ2v) is 6.48. The van der Waals surface area contributed by atoms with Crippen LogP contribution in [-0.4, -0.2) is 49.2 Å². The second-order valence-electron chi connectivity index (χ2n) is 6.04. The molecule has 1 heterocycles. The van der Waals surface area contributed by atoms with E-state index in [-0.39, 0.29) is 11.0 Å². The van der Waals surface area contributed by atoms with Gasteiger partial charge in [0.2, 0.25) is 0 Å². The Bertz CT molecular complexity index is 769. The molecule has 3 rings (SSSR count). The lowest BCUT2D eigenvalue weighted by atomic mass is 10.1. The highest BCUT2D eigenvalue weighted by Gasteiger charge is 2.22. The fourth-order valence-electron chi connectivity index (χ4n) is 2.98. The zero-order valence-corrected chi connectivity index (χ0v) is 15.5. The van der Waals surface area contributed by atoms with Crippen molar-refractivity contribution in [1.29, 1.82) is 0 Å². The van der Waals surface area contributed by atoms with Crippen LogP contribution in [0.1, 0.15) is 10.4 Å². The number of carbonyl (C=O) groups is 1. The second kappa shape index (κ2) is 8.05. The minimum Gasteiger partial charge on any atom is -0.497 e. The van der Waals surface area contributed by atoms with Gasteiger partial charge in [0.15, 0.2) is 5.11 Å². The summed E-state index contributed by atoms with van der Waals surface area (Å²) in [7, 11) is 1.61. The fraction of sp³-hybridized carbons (Fsp3) is 0.263. The number of rotatable bonds is 4. The molecule has 1 fully saturated rings. The van der Waals surface area contributed by atoms with Gasteiger partial charge in [-0.25, -0.2) is 0 Å². The summed E-state index contributed by atoms with van der Waals surface area (Å²) in [5, 5.41) is 3.17. The van der Waals surface area contributed by atoms with E-state index < -0.39 is 0 Å². The zero-order valence-electron chi connectivity index (χ0n) is 14.6. The number of methoxy groups -OCH3 is 1. The van der Waals surface area contributed by atoms with Crippen LogP contribution in [0.25, 0.3) is 0 Å². The fourth-order valence-corrected chi connectivity index (χ4v) is 3.10. The van der Waals surface area contributed by atoms with Crippen LogP contribution in [0, 0.1) is 0 Å². The normalized spacial score (nSPS) is 14.0. The summed E-state index contributed by atoms with van der Waals surface area (Å²) in [5.41, 5.74) is 8.16. The molecule has 2 aromatic rings. The Morgan fingerprint density at radius 3 is 2.19 bits per heavy atom. The number of piperazine rings is 1. The number of ether oxygens (including phenoxy) is 1. The molecular formula is C19H22N4O2S. The molecular weight excluding hydrogens is 348 g/mol. The van der Waals surface area contributed by atoms with Gasteiger partial charge in [0, 0.05) is 43.1 Å². The molecule has 0 bridgehead atoms. The number of hydrogen-bond donors (Lipinski definition) is 2. The van der Waals surface area contributed by atoms with Crippen molar-refractivity contribution in [3.63, 3.8) is 0 Å². The molecule has 2 aromatic carbocycles. The van der Waals surface area contributed by atoms with E-state index in [2.05, 4.69) is 10.2 Å². The van der Waals surface area contributed by atoms with Gasteiger partial charge < -0.3 is 25.6 Å². The summed E-state index contributed by atoms with van der Waals surface area (Å²) < 4.78 is 5.14. The lowest BCUT2D eigenvalue weighted by Gasteiger charge is -2.36. The number of benzene rings is 2. The smallest absolute Gasteiger partial charge is 0.253 e. The molecule has 136 valence electrons. The largest absolute Gasteiger partial charge is 0.497 e. The lowest BCUT2D eigenvalue weighted by molar-refractivity contribution is 0.0747. The summed E-state index contributed by atoms with van der Waals surface area (Å²) in [6.45, 7) is 2.98. The number of anilines is 2. The molecule has 6 nitrogen and oxygen atoms in total. The van der Waals surface area contributed by atoms with Crippen LogP contribution in [0.2, 0.25) is 0 Å². The third-order valence-corrected chi connectivity index (χ3v) is 4.51. The van der Waals surface area contributed by atoms with Crippen LogP contribution in [0.5, 0.6) is 5.75 Å². The van der Waals surface area contributed by atoms with Crippen LogP contribution < -0.4 is 20.7 Å². The molecule has 1 saturated heterocycles. The van der Waals surface area contributed by atoms with Crippen molar-refractivity contribution in [3.8, 4) is 5.75 Å². The Morgan fingerprint density at radius 2 is 1.65 bits per heavy atom. The molecule has 0 aliphatic carbocycles. The molecule has 1 amide bonds. The Hall–Kier alpha value is -2.80. The first-order valence-corrected chi connectivity index (χ1v) is 8.82. The molecule has 0 spiro atoms. The topological polar surface area (TPSA) is 70.8 Å². The van der Waals surface area contributed by atoms with E-state index in [4.69, 9.17) is 22.7 Å². The first-order valence-electron chi connectivity index (χ1n) is 8.41. The predicted molar refractivity (Wildman–Crippen MR) is 108 cm³/mol. The molecule has 1 aliphatic heterocycles. The Labute approximate surface area is 158 Å². The SMILES string of the molecule is COc1ccc(C(=O)N2CCN(c3ccc(NC(N)=S)cc3)CC2)cc1. The van der Waals surface area contributed by atoms with Gasteiger partial charge in [-0.2, -0.15) is 0 Å². The van der Waals surface area contributed by atoms with Gasteiger partial charge in [0.25, 0.3) is 5.91 Å². The van der Waals surface area contributed by atoms with E-state index in [1.165, 1.54) is 0 Å². The van der Waals surface area contributed by atoms with Gasteiger partial charge in [-0.05, 0) is 60.7 Å². The first-order chi connectivity index (χ1) is 12.6. The van der Waals surface area contributed by atoms with Crippen LogP contribution in [-0.2, 0) is 0 Å². The lowest BCUT2D eigenvalue weighted by Crippen LogP contribution is -2.48. The predicted octanol–water partition coefficient (Wildman–Crippen LogP) is 2.31. The molecule has 7 heteroatoms. The van der Waals surface area contributed by atoms with E-state index in [9.17, 15) is 4.79 Å². The summed E-state index contributed by atoms with van der Waals surface area (Å²) in [6, 6.07) is 15.2. The van der Waals surface area contributed by atoms with Crippen molar-refractivity contribution in [2.45, 2.75) is 0 Å². The highest BCUT2D eigenvalue weighted by molar-refractivity contribution is 7.80. The number of nitrogens with two attached hydrogens (primary N) is 1. The summed E-state index contributed by atoms with van der Waals surface area (Å²) >= 11 is 4.84. The molecule has 26 heavy (non-hydrogen) atoms. The standard InChI is InChI=1S/C19H22N4O2S/c1-25-17-8-2-14(3-9-17)18(24)23-12-10-22(11-13-23)16-6-4-15(5-7-16)21-19(20)26/h2-9H,10-13H2,1H3,(H3,20,21,26). The number of amides is 1. The van der Waals surface area contributed by atoms with E-state index >= 15 is 0 Å². The Kier molecular flexibility index (Phi) is 5.58. The maximum absolute atomic E-state index is 12.6. The number of carbonyl (C=O) groups excluding carboxylic acids is 1. The number of thiocarbonyl (C=S) groups is 1. The van der Waals surface area contributed by atoms with Crippen LogP contribution >= 0.6 is 12.2 Å². The van der Waals surface area contributed by atoms with Crippen LogP contribution in [0.3, 0.4) is 0 Å². The minimum atomic E-state index is 0.0586. The van der Waals surface area contributed by atoms with Crippen LogP contribution in [0.4, 0.5) is 11.4 Å². The van der Waals surface area contributed by atoms with Gasteiger partial charge in [-0.1, -0.05) is 0 Å². The monoisotopic (exact) mass is 370 g/mol. The molecule has 0 atom stereocenters. The highest BCUT2D eigenvalue weighted by Crippen LogP contribution is 2.20. The summed E-state index contributed by atoms with van der Waals surface area (Å²) in [6.07, 6.45) is 0. The number of hydrogen-bond acceptors (Lipinski definition) is 4. The average molecular weight is 370 g/mol. The molecule has 0 aromatic heterocycles. The number of nitrogens with one attached hydrogen (secondary N) is 1. The van der Waals surface area contributed by atoms with Crippen molar-refractivity contribution in [1.82, 2.24) is 4.90 Å². The Balaban J connectivity index is 1.58. The van der Waals surface area contributed by atoms with Crippen LogP contribution in [0.15, 0.2) is 48.5 Å². The van der Waals surface area contributed by atoms with E-state index in [1.807, 2.05) is 41.3 Å². The highest BCUT2D eigenvalue weighted by atomic mass is 32.1. The average Bonchev–Trinajstić information content (AvgIpc) is 2.68. The molecule has 0 radical (unpaired) electrons. The number of nitrogens with zero attached hydrogens (tertiary/aromatic N) is 2. The Morgan fingerprint density at radius 1 is 1.04 bits per heavy atom. The van der Waals surface area contributed by atoms with Crippen molar-refractivity contribution in [3.05, 3.63) is 54.1 Å². The minimum absolute atomic E-state index is 0.0586. The summed E-state index contributed by atoms with van der Waals surface area (Å²) in [4.78, 5) is 16.8. The summed E-state index contributed by atoms with van der Waals surface area (Å²) in [5.74, 6) is 0.808. The molecule has 0 unspecified atom stereocenters. The maximum atomic E-state index is 12.6. The van der Waals surface area contributed by atoms with Crippen molar-refractivity contribution in [2.24, 2.45) is 5.73 Å². The third kappa shape index (κ3) is 4.23. The zero-order chi connectivity index (χ0) is 18.5. The van der Waals surface area contributed by atoms with E-state index in [0.717, 1.165) is 30.2 Å². The quantitative estimate of drug-likeness (QED) is 0.805. The third-order valence-electron chi connectivity index (χ3n) is 4.40. The van der Waals surface area contributed by atoms with Crippen molar-refractivity contribution >= 4 is 34.6 Å². The van der Waals surface area contributed by atoms with E-state index in [0.29, 0.717) is 18.7 Å². The molecule has 0 saturated carbocycles. The van der Waals surface area contributed by atoms with Gasteiger partial charge >= 0.3 is 0 Å². The van der Waals surface area contributed by atoms with Crippen molar-refractivity contribution < 1.29 is 9.53 Å². The first kappa shape index (κ1) is 18.0. The van der Waals surface area contributed by atoms with Gasteiger partial charge in [0.05, 0.1) is 7.11 Å². The van der Waals surface area contributed by atoms with Gasteiger partial charge in [-0.15, -0.1) is 0 Å². The molecule has 3 N–H and O–H groups in total. The van der Waals surface area contributed by atoms with Gasteiger partial charge in [0.1, 0.15) is 5.75 Å². The van der Waals surface area contributed by atoms with Gasteiger partial charge in [-0.3, -0.25) is 4.79 Å². The maximum Gasteiger partial charge on any atom is 0.253 e. The molecule has 1 aliphatic rings. The van der Waals surface area contributed by atoms with E-state index in [1.54, 1.807) is 19.2 Å².